The number of carbonyl (C=O) groups is 1. The Morgan fingerprint density at radius 1 is 1.35 bits per heavy atom. The molecule has 134 valence electrons. The van der Waals surface area contributed by atoms with E-state index in [1.54, 1.807) is 31.2 Å². The Hall–Kier alpha value is -2.94. The quantitative estimate of drug-likeness (QED) is 0.658. The highest BCUT2D eigenvalue weighted by molar-refractivity contribution is 9.10. The molecule has 0 fully saturated rings. The van der Waals surface area contributed by atoms with Crippen LogP contribution in [-0.4, -0.2) is 22.2 Å². The van der Waals surface area contributed by atoms with Gasteiger partial charge in [-0.2, -0.15) is 0 Å². The van der Waals surface area contributed by atoms with Crippen LogP contribution in [0.2, 0.25) is 0 Å². The van der Waals surface area contributed by atoms with E-state index in [4.69, 9.17) is 4.74 Å². The molecule has 0 spiro atoms. The summed E-state index contributed by atoms with van der Waals surface area (Å²) in [5, 5.41) is 6.30. The number of rotatable bonds is 5. The highest BCUT2D eigenvalue weighted by Gasteiger charge is 2.17. The van der Waals surface area contributed by atoms with Crippen LogP contribution in [-0.2, 0) is 4.79 Å². The first-order chi connectivity index (χ1) is 12.4. The number of nitrogens with zero attached hydrogens (tertiary/aromatic N) is 1. The van der Waals surface area contributed by atoms with Crippen molar-refractivity contribution in [3.8, 4) is 17.1 Å². The van der Waals surface area contributed by atoms with Gasteiger partial charge in [-0.3, -0.25) is 14.3 Å². The Labute approximate surface area is 155 Å². The first kappa shape index (κ1) is 17.9. The second-order valence-corrected chi connectivity index (χ2v) is 6.20. The fraction of sp³-hybridized carbons (Fsp3) is 0.118. The second kappa shape index (κ2) is 7.52. The molecule has 1 aromatic heterocycles. The summed E-state index contributed by atoms with van der Waals surface area (Å²) < 4.78 is 23.5. The number of nitrogens with one attached hydrogen (secondary N) is 2. The molecule has 0 aliphatic rings. The lowest BCUT2D eigenvalue weighted by Crippen LogP contribution is -2.30. The molecule has 0 bridgehead atoms. The van der Waals surface area contributed by atoms with E-state index in [0.29, 0.717) is 21.5 Å². The fourth-order valence-electron chi connectivity index (χ4n) is 2.16. The van der Waals surface area contributed by atoms with Crippen LogP contribution in [0, 0.1) is 5.82 Å². The predicted octanol–water partition coefficient (Wildman–Crippen LogP) is 3.34. The number of halogens is 2. The van der Waals surface area contributed by atoms with Crippen LogP contribution < -0.4 is 15.8 Å². The lowest BCUT2D eigenvalue weighted by molar-refractivity contribution is -0.122. The molecule has 0 saturated carbocycles. The summed E-state index contributed by atoms with van der Waals surface area (Å²) in [5.74, 6) is -0.869. The zero-order valence-corrected chi connectivity index (χ0v) is 15.0. The Morgan fingerprint density at radius 2 is 2.15 bits per heavy atom. The number of hydrogen-bond acceptors (Lipinski definition) is 5. The normalized spacial score (nSPS) is 11.8. The number of carbonyl (C=O) groups excluding carboxylic acids is 1. The van der Waals surface area contributed by atoms with Crippen LogP contribution in [0.25, 0.3) is 11.4 Å². The molecule has 0 aliphatic heterocycles. The van der Waals surface area contributed by atoms with Crippen molar-refractivity contribution >= 4 is 27.5 Å². The van der Waals surface area contributed by atoms with Crippen LogP contribution in [0.4, 0.5) is 10.1 Å². The summed E-state index contributed by atoms with van der Waals surface area (Å²) in [6.07, 6.45) is -0.827. The van der Waals surface area contributed by atoms with Gasteiger partial charge in [0.05, 0.1) is 4.47 Å². The molecule has 0 aliphatic carbocycles. The minimum absolute atomic E-state index is 0.255. The lowest BCUT2D eigenvalue weighted by atomic mass is 10.2. The van der Waals surface area contributed by atoms with Crippen molar-refractivity contribution in [1.82, 2.24) is 10.1 Å². The zero-order valence-electron chi connectivity index (χ0n) is 13.5. The Balaban J connectivity index is 1.70. The summed E-state index contributed by atoms with van der Waals surface area (Å²) in [7, 11) is 0. The van der Waals surface area contributed by atoms with Crippen LogP contribution in [0.15, 0.2) is 56.3 Å². The van der Waals surface area contributed by atoms with Crippen LogP contribution in [0.1, 0.15) is 6.92 Å². The standard InChI is InChI=1S/C17H13BrFN3O4/c1-9(25-14-6-5-11(19)8-13(14)18)16(23)20-12-4-2-3-10(7-12)15-21-17(24)26-22-15/h2-9H,1H3,(H,20,23)(H,21,22,24). The van der Waals surface area contributed by atoms with Crippen molar-refractivity contribution in [3.63, 3.8) is 0 Å². The number of ether oxygens (including phenoxy) is 1. The van der Waals surface area contributed by atoms with E-state index in [9.17, 15) is 14.0 Å². The third-order valence-electron chi connectivity index (χ3n) is 3.41. The Bertz CT molecular complexity index is 1000. The maximum atomic E-state index is 13.1. The van der Waals surface area contributed by atoms with Gasteiger partial charge in [0.2, 0.25) is 0 Å². The van der Waals surface area contributed by atoms with Gasteiger partial charge in [0.25, 0.3) is 5.91 Å². The van der Waals surface area contributed by atoms with Crippen LogP contribution in [0.3, 0.4) is 0 Å². The molecule has 26 heavy (non-hydrogen) atoms. The van der Waals surface area contributed by atoms with E-state index < -0.39 is 23.6 Å². The third kappa shape index (κ3) is 4.17. The molecule has 1 heterocycles. The van der Waals surface area contributed by atoms with E-state index in [-0.39, 0.29) is 5.82 Å². The topological polar surface area (TPSA) is 97.2 Å². The molecule has 1 unspecified atom stereocenters. The molecule has 0 radical (unpaired) electrons. The van der Waals surface area contributed by atoms with Gasteiger partial charge < -0.3 is 10.1 Å². The molecule has 2 aromatic carbocycles. The summed E-state index contributed by atoms with van der Waals surface area (Å²) in [4.78, 5) is 25.8. The highest BCUT2D eigenvalue weighted by Crippen LogP contribution is 2.26. The minimum atomic E-state index is -0.827. The Morgan fingerprint density at radius 3 is 2.85 bits per heavy atom. The number of amides is 1. The number of aromatic amines is 1. The second-order valence-electron chi connectivity index (χ2n) is 5.35. The van der Waals surface area contributed by atoms with Gasteiger partial charge in [0.1, 0.15) is 11.6 Å². The SMILES string of the molecule is CC(Oc1ccc(F)cc1Br)C(=O)Nc1cccc(-c2noc(=O)[nH]2)c1. The highest BCUT2D eigenvalue weighted by atomic mass is 79.9. The van der Waals surface area contributed by atoms with Gasteiger partial charge in [-0.05, 0) is 53.2 Å². The molecule has 9 heteroatoms. The number of H-pyrrole nitrogens is 1. The third-order valence-corrected chi connectivity index (χ3v) is 4.03. The van der Waals surface area contributed by atoms with Crippen molar-refractivity contribution in [2.75, 3.05) is 5.32 Å². The number of aromatic nitrogens is 2. The maximum absolute atomic E-state index is 13.1. The predicted molar refractivity (Wildman–Crippen MR) is 95.4 cm³/mol. The van der Waals surface area contributed by atoms with Gasteiger partial charge in [0.15, 0.2) is 11.9 Å². The van der Waals surface area contributed by atoms with Crippen molar-refractivity contribution in [3.05, 3.63) is 63.3 Å². The lowest BCUT2D eigenvalue weighted by Gasteiger charge is -2.16. The molecule has 1 atom stereocenters. The molecule has 0 saturated heterocycles. The Kier molecular flexibility index (Phi) is 5.17. The van der Waals surface area contributed by atoms with Gasteiger partial charge in [-0.15, -0.1) is 0 Å². The van der Waals surface area contributed by atoms with Gasteiger partial charge >= 0.3 is 5.76 Å². The summed E-state index contributed by atoms with van der Waals surface area (Å²) in [6.45, 7) is 1.57. The average Bonchev–Trinajstić information content (AvgIpc) is 3.04. The molecule has 1 amide bonds. The van der Waals surface area contributed by atoms with E-state index >= 15 is 0 Å². The maximum Gasteiger partial charge on any atom is 0.439 e. The van der Waals surface area contributed by atoms with E-state index in [1.807, 2.05) is 0 Å². The van der Waals surface area contributed by atoms with Gasteiger partial charge in [-0.25, -0.2) is 9.18 Å². The van der Waals surface area contributed by atoms with Crippen LogP contribution >= 0.6 is 15.9 Å². The van der Waals surface area contributed by atoms with Crippen molar-refractivity contribution in [1.29, 1.82) is 0 Å². The average molecular weight is 422 g/mol. The molecule has 3 rings (SSSR count). The number of hydrogen-bond donors (Lipinski definition) is 2. The van der Waals surface area contributed by atoms with Crippen molar-refractivity contribution < 1.29 is 18.4 Å². The smallest absolute Gasteiger partial charge is 0.439 e. The molecule has 7 nitrogen and oxygen atoms in total. The molecule has 3 aromatic rings. The summed E-state index contributed by atoms with van der Waals surface area (Å²) in [5.41, 5.74) is 1.06. The fourth-order valence-corrected chi connectivity index (χ4v) is 2.60. The first-order valence-electron chi connectivity index (χ1n) is 7.51. The minimum Gasteiger partial charge on any atom is -0.480 e. The molecular weight excluding hydrogens is 409 g/mol. The van der Waals surface area contributed by atoms with Crippen LogP contribution in [0.5, 0.6) is 5.75 Å². The van der Waals surface area contributed by atoms with E-state index in [2.05, 4.69) is 35.9 Å². The van der Waals surface area contributed by atoms with E-state index in [1.165, 1.54) is 18.2 Å². The summed E-state index contributed by atoms with van der Waals surface area (Å²) in [6, 6.07) is 10.6. The van der Waals surface area contributed by atoms with E-state index in [0.717, 1.165) is 0 Å². The number of anilines is 1. The molecule has 2 N–H and O–H groups in total. The molecular formula is C17H13BrFN3O4. The monoisotopic (exact) mass is 421 g/mol. The van der Waals surface area contributed by atoms with Crippen molar-refractivity contribution in [2.24, 2.45) is 0 Å². The first-order valence-corrected chi connectivity index (χ1v) is 8.30. The van der Waals surface area contributed by atoms with Crippen molar-refractivity contribution in [2.45, 2.75) is 13.0 Å². The number of benzene rings is 2. The zero-order chi connectivity index (χ0) is 18.7. The summed E-state index contributed by atoms with van der Waals surface area (Å²) >= 11 is 3.19. The van der Waals surface area contributed by atoms with Gasteiger partial charge in [-0.1, -0.05) is 17.3 Å². The largest absolute Gasteiger partial charge is 0.480 e. The van der Waals surface area contributed by atoms with Gasteiger partial charge in [0, 0.05) is 11.3 Å².